The first kappa shape index (κ1) is 19.4. The van der Waals surface area contributed by atoms with Crippen LogP contribution in [0.2, 0.25) is 0 Å². The maximum absolute atomic E-state index is 12.8. The van der Waals surface area contributed by atoms with Crippen molar-refractivity contribution >= 4 is 11.8 Å². The number of piperidine rings is 1. The Balaban J connectivity index is 1.20. The Labute approximate surface area is 167 Å². The number of carbonyl (C=O) groups excluding carboxylic acids is 2. The molecule has 3 heterocycles. The summed E-state index contributed by atoms with van der Waals surface area (Å²) in [6.45, 7) is 5.38. The van der Waals surface area contributed by atoms with E-state index >= 15 is 0 Å². The third kappa shape index (κ3) is 4.55. The van der Waals surface area contributed by atoms with Crippen LogP contribution in [0.4, 0.5) is 0 Å². The number of hydrogen-bond acceptors (Lipinski definition) is 4. The van der Waals surface area contributed by atoms with Crippen molar-refractivity contribution in [1.82, 2.24) is 14.7 Å². The number of morpholine rings is 1. The number of ether oxygens (including phenoxy) is 1. The summed E-state index contributed by atoms with van der Waals surface area (Å²) in [7, 11) is 1.84. The lowest BCUT2D eigenvalue weighted by atomic mass is 9.92. The molecule has 0 spiro atoms. The van der Waals surface area contributed by atoms with Crippen molar-refractivity contribution in [2.45, 2.75) is 38.3 Å². The summed E-state index contributed by atoms with van der Waals surface area (Å²) in [6, 6.07) is 8.47. The molecular formula is C22H31N3O3. The molecule has 152 valence electrons. The van der Waals surface area contributed by atoms with Crippen molar-refractivity contribution in [3.8, 4) is 0 Å². The molecule has 0 aromatic heterocycles. The van der Waals surface area contributed by atoms with Gasteiger partial charge in [-0.25, -0.2) is 0 Å². The average molecular weight is 386 g/mol. The second kappa shape index (κ2) is 8.62. The number of benzene rings is 1. The Morgan fingerprint density at radius 3 is 2.64 bits per heavy atom. The molecule has 28 heavy (non-hydrogen) atoms. The van der Waals surface area contributed by atoms with Crippen LogP contribution >= 0.6 is 0 Å². The van der Waals surface area contributed by atoms with E-state index in [0.29, 0.717) is 24.8 Å². The van der Waals surface area contributed by atoms with Gasteiger partial charge < -0.3 is 19.4 Å². The van der Waals surface area contributed by atoms with Gasteiger partial charge in [0, 0.05) is 39.6 Å². The molecule has 0 radical (unpaired) electrons. The molecule has 2 saturated heterocycles. The highest BCUT2D eigenvalue weighted by atomic mass is 16.5. The number of fused-ring (bicyclic) bond motifs is 1. The van der Waals surface area contributed by atoms with Crippen molar-refractivity contribution in [2.24, 2.45) is 5.92 Å². The number of likely N-dealkylation sites (tertiary alicyclic amines) is 1. The lowest BCUT2D eigenvalue weighted by molar-refractivity contribution is -0.148. The smallest absolute Gasteiger partial charge is 0.248 e. The molecule has 6 nitrogen and oxygen atoms in total. The molecule has 1 unspecified atom stereocenters. The predicted molar refractivity (Wildman–Crippen MR) is 107 cm³/mol. The molecule has 0 aliphatic carbocycles. The third-order valence-corrected chi connectivity index (χ3v) is 6.46. The third-order valence-electron chi connectivity index (χ3n) is 6.46. The Hall–Kier alpha value is -1.92. The Morgan fingerprint density at radius 1 is 1.14 bits per heavy atom. The van der Waals surface area contributed by atoms with Crippen LogP contribution in [-0.2, 0) is 27.3 Å². The summed E-state index contributed by atoms with van der Waals surface area (Å²) >= 11 is 0. The number of nitrogens with zero attached hydrogens (tertiary/aromatic N) is 3. The van der Waals surface area contributed by atoms with Crippen LogP contribution in [0.5, 0.6) is 0 Å². The molecule has 1 aromatic rings. The maximum atomic E-state index is 12.8. The standard InChI is InChI=1S/C22H31N3O3/c1-23-14-20(28-16-22(23)27)15-24-9-6-17(7-10-24)12-21(26)25-11-8-18-4-2-3-5-19(18)13-25/h2-5,17,20H,6-16H2,1H3. The first-order valence-corrected chi connectivity index (χ1v) is 10.5. The van der Waals surface area contributed by atoms with Gasteiger partial charge in [0.25, 0.3) is 0 Å². The molecule has 4 rings (SSSR count). The minimum absolute atomic E-state index is 0.0637. The lowest BCUT2D eigenvalue weighted by Crippen LogP contribution is -2.50. The average Bonchev–Trinajstić information content (AvgIpc) is 2.72. The Bertz CT molecular complexity index is 715. The van der Waals surface area contributed by atoms with E-state index in [9.17, 15) is 9.59 Å². The van der Waals surface area contributed by atoms with Crippen molar-refractivity contribution in [3.63, 3.8) is 0 Å². The van der Waals surface area contributed by atoms with Crippen LogP contribution < -0.4 is 0 Å². The Kier molecular flexibility index (Phi) is 5.97. The fourth-order valence-electron chi connectivity index (χ4n) is 4.62. The zero-order valence-electron chi connectivity index (χ0n) is 16.8. The summed E-state index contributed by atoms with van der Waals surface area (Å²) < 4.78 is 5.67. The molecule has 3 aliphatic rings. The normalized spacial score (nSPS) is 24.3. The van der Waals surface area contributed by atoms with Gasteiger partial charge in [0.05, 0.1) is 6.10 Å². The van der Waals surface area contributed by atoms with E-state index in [1.54, 1.807) is 4.90 Å². The van der Waals surface area contributed by atoms with Gasteiger partial charge in [0.2, 0.25) is 11.8 Å². The first-order valence-electron chi connectivity index (χ1n) is 10.5. The SMILES string of the molecule is CN1CC(CN2CCC(CC(=O)N3CCc4ccccc4C3)CC2)OCC1=O. The van der Waals surface area contributed by atoms with E-state index in [1.807, 2.05) is 11.9 Å². The number of carbonyl (C=O) groups is 2. The van der Waals surface area contributed by atoms with E-state index in [-0.39, 0.29) is 18.6 Å². The molecule has 1 aromatic carbocycles. The monoisotopic (exact) mass is 385 g/mol. The quantitative estimate of drug-likeness (QED) is 0.789. The second-order valence-corrected chi connectivity index (χ2v) is 8.49. The lowest BCUT2D eigenvalue weighted by Gasteiger charge is -2.37. The van der Waals surface area contributed by atoms with E-state index in [0.717, 1.165) is 52.0 Å². The van der Waals surface area contributed by atoms with Gasteiger partial charge in [-0.2, -0.15) is 0 Å². The number of amides is 2. The van der Waals surface area contributed by atoms with Crippen LogP contribution in [0.1, 0.15) is 30.4 Å². The topological polar surface area (TPSA) is 53.1 Å². The molecule has 2 amide bonds. The van der Waals surface area contributed by atoms with Crippen molar-refractivity contribution in [1.29, 1.82) is 0 Å². The number of likely N-dealkylation sites (N-methyl/N-ethyl adjacent to an activating group) is 1. The second-order valence-electron chi connectivity index (χ2n) is 8.49. The zero-order valence-corrected chi connectivity index (χ0v) is 16.8. The molecular weight excluding hydrogens is 354 g/mol. The maximum Gasteiger partial charge on any atom is 0.248 e. The van der Waals surface area contributed by atoms with Crippen molar-refractivity contribution < 1.29 is 14.3 Å². The van der Waals surface area contributed by atoms with Gasteiger partial charge in [-0.05, 0) is 49.4 Å². The summed E-state index contributed by atoms with van der Waals surface area (Å²) in [5.74, 6) is 0.856. The summed E-state index contributed by atoms with van der Waals surface area (Å²) in [4.78, 5) is 30.5. The van der Waals surface area contributed by atoms with Crippen molar-refractivity contribution in [2.75, 3.05) is 46.4 Å². The Morgan fingerprint density at radius 2 is 1.89 bits per heavy atom. The fourth-order valence-corrected chi connectivity index (χ4v) is 4.62. The minimum Gasteiger partial charge on any atom is -0.365 e. The highest BCUT2D eigenvalue weighted by molar-refractivity contribution is 5.78. The van der Waals surface area contributed by atoms with Crippen LogP contribution in [-0.4, -0.2) is 79.0 Å². The van der Waals surface area contributed by atoms with Crippen LogP contribution in [0, 0.1) is 5.92 Å². The van der Waals surface area contributed by atoms with Gasteiger partial charge in [0.1, 0.15) is 6.61 Å². The molecule has 0 bridgehead atoms. The van der Waals surface area contributed by atoms with Crippen LogP contribution in [0.3, 0.4) is 0 Å². The largest absolute Gasteiger partial charge is 0.365 e. The molecule has 2 fully saturated rings. The molecule has 6 heteroatoms. The highest BCUT2D eigenvalue weighted by Gasteiger charge is 2.29. The zero-order chi connectivity index (χ0) is 19.5. The number of rotatable bonds is 4. The first-order chi connectivity index (χ1) is 13.6. The van der Waals surface area contributed by atoms with E-state index < -0.39 is 0 Å². The molecule has 3 aliphatic heterocycles. The summed E-state index contributed by atoms with van der Waals surface area (Å²) in [6.07, 6.45) is 3.88. The van der Waals surface area contributed by atoms with Gasteiger partial charge in [0.15, 0.2) is 0 Å². The van der Waals surface area contributed by atoms with Gasteiger partial charge in [-0.15, -0.1) is 0 Å². The van der Waals surface area contributed by atoms with Crippen LogP contribution in [0.25, 0.3) is 0 Å². The van der Waals surface area contributed by atoms with E-state index in [2.05, 4.69) is 29.2 Å². The fraction of sp³-hybridized carbons (Fsp3) is 0.636. The van der Waals surface area contributed by atoms with Gasteiger partial charge >= 0.3 is 0 Å². The van der Waals surface area contributed by atoms with Crippen molar-refractivity contribution in [3.05, 3.63) is 35.4 Å². The number of hydrogen-bond donors (Lipinski definition) is 0. The molecule has 0 saturated carbocycles. The van der Waals surface area contributed by atoms with Gasteiger partial charge in [-0.3, -0.25) is 9.59 Å². The van der Waals surface area contributed by atoms with E-state index in [4.69, 9.17) is 4.74 Å². The van der Waals surface area contributed by atoms with E-state index in [1.165, 1.54) is 11.1 Å². The van der Waals surface area contributed by atoms with Crippen LogP contribution in [0.15, 0.2) is 24.3 Å². The molecule has 1 atom stereocenters. The summed E-state index contributed by atoms with van der Waals surface area (Å²) in [5.41, 5.74) is 2.69. The minimum atomic E-state index is 0.0637. The van der Waals surface area contributed by atoms with Gasteiger partial charge in [-0.1, -0.05) is 24.3 Å². The predicted octanol–water partition coefficient (Wildman–Crippen LogP) is 1.53. The highest BCUT2D eigenvalue weighted by Crippen LogP contribution is 2.25. The molecule has 0 N–H and O–H groups in total. The summed E-state index contributed by atoms with van der Waals surface area (Å²) in [5, 5.41) is 0.